The maximum absolute atomic E-state index is 5.36. The van der Waals surface area contributed by atoms with Gasteiger partial charge in [0.15, 0.2) is 0 Å². The summed E-state index contributed by atoms with van der Waals surface area (Å²) in [4.78, 5) is 0. The minimum absolute atomic E-state index is 0.644. The minimum Gasteiger partial charge on any atom is -0.377 e. The lowest BCUT2D eigenvalue weighted by Crippen LogP contribution is -2.42. The van der Waals surface area contributed by atoms with E-state index >= 15 is 0 Å². The first-order valence-electron chi connectivity index (χ1n) is 6.60. The molecule has 1 saturated carbocycles. The molecular weight excluding hydrogens is 234 g/mol. The van der Waals surface area contributed by atoms with Crippen LogP contribution in [0.1, 0.15) is 44.9 Å². The molecule has 0 aromatic rings. The van der Waals surface area contributed by atoms with Crippen LogP contribution in [0.3, 0.4) is 0 Å². The highest BCUT2D eigenvalue weighted by Crippen LogP contribution is 2.15. The number of nitrogens with two attached hydrogens (primary N) is 1. The van der Waals surface area contributed by atoms with Gasteiger partial charge in [0, 0.05) is 27.4 Å². The number of hydrogen-bond donors (Lipinski definition) is 1. The van der Waals surface area contributed by atoms with Gasteiger partial charge in [-0.2, -0.15) is 0 Å². The van der Waals surface area contributed by atoms with Crippen LogP contribution in [0.4, 0.5) is 0 Å². The van der Waals surface area contributed by atoms with E-state index in [0.717, 1.165) is 12.5 Å². The van der Waals surface area contributed by atoms with E-state index in [2.05, 4.69) is 0 Å². The highest BCUT2D eigenvalue weighted by molar-refractivity contribution is 6.60. The van der Waals surface area contributed by atoms with Crippen molar-refractivity contribution in [1.82, 2.24) is 0 Å². The first-order valence-corrected chi connectivity index (χ1v) is 8.53. The van der Waals surface area contributed by atoms with Crippen molar-refractivity contribution in [3.05, 3.63) is 0 Å². The lowest BCUT2D eigenvalue weighted by molar-refractivity contribution is 0.123. The van der Waals surface area contributed by atoms with Crippen molar-refractivity contribution < 1.29 is 13.3 Å². The number of rotatable bonds is 6. The van der Waals surface area contributed by atoms with Crippen LogP contribution in [-0.2, 0) is 13.3 Å². The average Bonchev–Trinajstić information content (AvgIpc) is 2.44. The zero-order valence-corrected chi connectivity index (χ0v) is 12.7. The molecule has 5 heteroatoms. The van der Waals surface area contributed by atoms with Gasteiger partial charge >= 0.3 is 8.80 Å². The summed E-state index contributed by atoms with van der Waals surface area (Å²) in [6.45, 7) is 0.644. The monoisotopic (exact) mass is 263 g/mol. The molecule has 104 valence electrons. The first kappa shape index (κ1) is 17.1. The first-order chi connectivity index (χ1) is 8.24. The molecular formula is C12H29NO3Si. The van der Waals surface area contributed by atoms with E-state index in [9.17, 15) is 0 Å². The Bertz CT molecular complexity index is 142. The zero-order valence-electron chi connectivity index (χ0n) is 11.7. The van der Waals surface area contributed by atoms with Crippen LogP contribution in [0, 0.1) is 0 Å². The van der Waals surface area contributed by atoms with E-state index < -0.39 is 8.80 Å². The van der Waals surface area contributed by atoms with Crippen LogP contribution in [0.25, 0.3) is 0 Å². The fourth-order valence-electron chi connectivity index (χ4n) is 1.94. The van der Waals surface area contributed by atoms with Gasteiger partial charge in [-0.25, -0.2) is 0 Å². The topological polar surface area (TPSA) is 53.7 Å². The smallest absolute Gasteiger partial charge is 0.377 e. The van der Waals surface area contributed by atoms with E-state index in [0.29, 0.717) is 6.54 Å². The summed E-state index contributed by atoms with van der Waals surface area (Å²) in [7, 11) is 2.50. The molecule has 0 aromatic carbocycles. The van der Waals surface area contributed by atoms with Crippen molar-refractivity contribution >= 4 is 8.80 Å². The van der Waals surface area contributed by atoms with Gasteiger partial charge < -0.3 is 19.0 Å². The predicted molar refractivity (Wildman–Crippen MR) is 73.0 cm³/mol. The molecule has 0 unspecified atom stereocenters. The quantitative estimate of drug-likeness (QED) is 0.748. The summed E-state index contributed by atoms with van der Waals surface area (Å²) >= 11 is 0. The van der Waals surface area contributed by atoms with Crippen LogP contribution in [0.15, 0.2) is 0 Å². The Morgan fingerprint density at radius 2 is 1.18 bits per heavy atom. The molecule has 0 spiro atoms. The molecule has 0 heterocycles. The highest BCUT2D eigenvalue weighted by atomic mass is 28.4. The lowest BCUT2D eigenvalue weighted by atomic mass is 10.0. The van der Waals surface area contributed by atoms with Gasteiger partial charge in [-0.15, -0.1) is 0 Å². The Morgan fingerprint density at radius 3 is 1.41 bits per heavy atom. The maximum Gasteiger partial charge on any atom is 0.500 e. The molecule has 1 rings (SSSR count). The van der Waals surface area contributed by atoms with Gasteiger partial charge in [-0.05, 0) is 13.0 Å². The number of hydrogen-bond acceptors (Lipinski definition) is 4. The highest BCUT2D eigenvalue weighted by Gasteiger charge is 2.36. The second kappa shape index (κ2) is 11.2. The van der Waals surface area contributed by atoms with Gasteiger partial charge in [-0.3, -0.25) is 0 Å². The van der Waals surface area contributed by atoms with E-state index in [4.69, 9.17) is 19.0 Å². The van der Waals surface area contributed by atoms with Gasteiger partial charge in [0.1, 0.15) is 0 Å². The molecule has 0 aromatic heterocycles. The summed E-state index contributed by atoms with van der Waals surface area (Å²) in [5.74, 6) is 0. The van der Waals surface area contributed by atoms with Crippen molar-refractivity contribution in [1.29, 1.82) is 0 Å². The van der Waals surface area contributed by atoms with Gasteiger partial charge in [0.05, 0.1) is 0 Å². The Balaban J connectivity index is 0.000000354. The lowest BCUT2D eigenvalue weighted by Gasteiger charge is -2.23. The van der Waals surface area contributed by atoms with Crippen LogP contribution in [-0.4, -0.2) is 36.7 Å². The van der Waals surface area contributed by atoms with E-state index in [1.54, 1.807) is 21.3 Å². The molecule has 1 aliphatic carbocycles. The molecule has 4 nitrogen and oxygen atoms in total. The Morgan fingerprint density at radius 1 is 0.824 bits per heavy atom. The van der Waals surface area contributed by atoms with Crippen LogP contribution < -0.4 is 5.73 Å². The summed E-state index contributed by atoms with van der Waals surface area (Å²) in [5.41, 5.74) is 5.36. The molecule has 0 atom stereocenters. The summed E-state index contributed by atoms with van der Waals surface area (Å²) in [6.07, 6.45) is 9.88. The Labute approximate surface area is 107 Å². The fraction of sp³-hybridized carbons (Fsp3) is 1.00. The molecule has 0 saturated heterocycles. The maximum atomic E-state index is 5.36. The molecule has 0 bridgehead atoms. The third-order valence-electron chi connectivity index (χ3n) is 3.12. The summed E-state index contributed by atoms with van der Waals surface area (Å²) in [5, 5.41) is 0. The van der Waals surface area contributed by atoms with Crippen molar-refractivity contribution in [2.75, 3.05) is 27.9 Å². The molecule has 1 fully saturated rings. The van der Waals surface area contributed by atoms with Crippen LogP contribution in [0.5, 0.6) is 0 Å². The normalized spacial score (nSPS) is 16.2. The predicted octanol–water partition coefficient (Wildman–Crippen LogP) is 2.55. The standard InChI is InChI=1S/C6H17NO3Si.C6H12/c1-8-11(9-2,10-3)6-4-5-7;1-2-4-6-5-3-1/h4-7H2,1-3H3;1-6H2. The van der Waals surface area contributed by atoms with E-state index in [-0.39, 0.29) is 0 Å². The molecule has 2 N–H and O–H groups in total. The van der Waals surface area contributed by atoms with Crippen molar-refractivity contribution in [2.45, 2.75) is 51.0 Å². The van der Waals surface area contributed by atoms with Gasteiger partial charge in [0.25, 0.3) is 0 Å². The Kier molecular flexibility index (Phi) is 11.2. The fourth-order valence-corrected chi connectivity index (χ4v) is 3.68. The third-order valence-corrected chi connectivity index (χ3v) is 5.95. The minimum atomic E-state index is -2.32. The van der Waals surface area contributed by atoms with E-state index in [1.165, 1.54) is 38.5 Å². The third kappa shape index (κ3) is 7.89. The van der Waals surface area contributed by atoms with Gasteiger partial charge in [-0.1, -0.05) is 38.5 Å². The molecule has 17 heavy (non-hydrogen) atoms. The Hall–Kier alpha value is 0.0569. The molecule has 0 amide bonds. The van der Waals surface area contributed by atoms with Crippen molar-refractivity contribution in [3.63, 3.8) is 0 Å². The SMILES string of the molecule is C1CCCCC1.CO[Si](CCCN)(OC)OC. The van der Waals surface area contributed by atoms with Gasteiger partial charge in [0.2, 0.25) is 0 Å². The zero-order chi connectivity index (χ0) is 13.0. The second-order valence-corrected chi connectivity index (χ2v) is 7.40. The van der Waals surface area contributed by atoms with Crippen LogP contribution >= 0.6 is 0 Å². The summed E-state index contributed by atoms with van der Waals surface area (Å²) in [6, 6.07) is 0.785. The largest absolute Gasteiger partial charge is 0.500 e. The second-order valence-electron chi connectivity index (χ2n) is 4.31. The molecule has 0 radical (unpaired) electrons. The molecule has 1 aliphatic rings. The van der Waals surface area contributed by atoms with E-state index in [1.807, 2.05) is 0 Å². The van der Waals surface area contributed by atoms with Crippen molar-refractivity contribution in [3.8, 4) is 0 Å². The van der Waals surface area contributed by atoms with Crippen molar-refractivity contribution in [2.24, 2.45) is 5.73 Å². The summed E-state index contributed by atoms with van der Waals surface area (Å²) < 4.78 is 15.5. The molecule has 0 aliphatic heterocycles. The van der Waals surface area contributed by atoms with Crippen LogP contribution in [0.2, 0.25) is 6.04 Å². The average molecular weight is 263 g/mol.